The number of rotatable bonds is 5. The van der Waals surface area contributed by atoms with E-state index in [0.717, 1.165) is 6.42 Å². The van der Waals surface area contributed by atoms with Gasteiger partial charge in [-0.25, -0.2) is 8.78 Å². The topological polar surface area (TPSA) is 12.0 Å². The van der Waals surface area contributed by atoms with Gasteiger partial charge in [0.25, 0.3) is 0 Å². The average Bonchev–Trinajstić information content (AvgIpc) is 2.96. The molecule has 1 N–H and O–H groups in total. The van der Waals surface area contributed by atoms with E-state index >= 15 is 0 Å². The molecule has 1 nitrogen and oxygen atoms in total. The minimum atomic E-state index is -0.460. The first-order valence-corrected chi connectivity index (χ1v) is 6.33. The Balaban J connectivity index is 1.99. The summed E-state index contributed by atoms with van der Waals surface area (Å²) in [6, 6.07) is 4.20. The van der Waals surface area contributed by atoms with Crippen molar-refractivity contribution in [3.63, 3.8) is 0 Å². The van der Waals surface area contributed by atoms with Crippen molar-refractivity contribution in [3.8, 4) is 0 Å². The molecule has 94 valence electrons. The highest BCUT2D eigenvalue weighted by Gasteiger charge is 2.37. The molecule has 1 aliphatic rings. The first-order valence-electron chi connectivity index (χ1n) is 6.33. The minimum absolute atomic E-state index is 0.162. The van der Waals surface area contributed by atoms with Crippen LogP contribution in [0.5, 0.6) is 0 Å². The van der Waals surface area contributed by atoms with E-state index in [1.165, 1.54) is 31.0 Å². The van der Waals surface area contributed by atoms with Crippen LogP contribution in [0.15, 0.2) is 18.2 Å². The minimum Gasteiger partial charge on any atom is -0.307 e. The predicted molar refractivity (Wildman–Crippen MR) is 64.7 cm³/mol. The lowest BCUT2D eigenvalue weighted by Crippen LogP contribution is -2.24. The van der Waals surface area contributed by atoms with Crippen molar-refractivity contribution in [1.29, 1.82) is 0 Å². The van der Waals surface area contributed by atoms with Crippen molar-refractivity contribution < 1.29 is 8.78 Å². The Labute approximate surface area is 101 Å². The molecule has 0 aromatic heterocycles. The Bertz CT molecular complexity index is 372. The molecule has 1 aliphatic carbocycles. The number of halogens is 2. The van der Waals surface area contributed by atoms with Crippen LogP contribution in [-0.2, 0) is 0 Å². The Kier molecular flexibility index (Phi) is 3.77. The molecule has 0 spiro atoms. The van der Waals surface area contributed by atoms with Gasteiger partial charge in [-0.1, -0.05) is 19.4 Å². The maximum Gasteiger partial charge on any atom is 0.130 e. The van der Waals surface area contributed by atoms with Gasteiger partial charge in [-0.3, -0.25) is 0 Å². The van der Waals surface area contributed by atoms with Crippen LogP contribution in [-0.4, -0.2) is 6.04 Å². The van der Waals surface area contributed by atoms with Gasteiger partial charge in [0.15, 0.2) is 0 Å². The zero-order chi connectivity index (χ0) is 12.4. The van der Waals surface area contributed by atoms with Crippen LogP contribution >= 0.6 is 0 Å². The van der Waals surface area contributed by atoms with Crippen LogP contribution in [0.25, 0.3) is 0 Å². The van der Waals surface area contributed by atoms with Gasteiger partial charge >= 0.3 is 0 Å². The number of hydrogen-bond acceptors (Lipinski definition) is 1. The summed E-state index contributed by atoms with van der Waals surface area (Å²) in [5.74, 6) is -0.229. The maximum absolute atomic E-state index is 13.5. The highest BCUT2D eigenvalue weighted by Crippen LogP contribution is 2.36. The van der Waals surface area contributed by atoms with Gasteiger partial charge in [-0.05, 0) is 37.8 Å². The molecule has 0 radical (unpaired) electrons. The van der Waals surface area contributed by atoms with E-state index in [9.17, 15) is 8.78 Å². The zero-order valence-corrected chi connectivity index (χ0v) is 10.3. The fraction of sp³-hybridized carbons (Fsp3) is 0.571. The first-order chi connectivity index (χ1) is 8.13. The summed E-state index contributed by atoms with van der Waals surface area (Å²) in [6.45, 7) is 3.98. The van der Waals surface area contributed by atoms with Crippen LogP contribution in [0.1, 0.15) is 44.7 Å². The predicted octanol–water partition coefficient (Wildman–Crippen LogP) is 3.80. The van der Waals surface area contributed by atoms with Crippen molar-refractivity contribution >= 4 is 0 Å². The van der Waals surface area contributed by atoms with Crippen molar-refractivity contribution in [1.82, 2.24) is 5.32 Å². The van der Waals surface area contributed by atoms with Crippen LogP contribution in [0, 0.1) is 17.6 Å². The van der Waals surface area contributed by atoms with Gasteiger partial charge in [-0.15, -0.1) is 0 Å². The molecule has 3 atom stereocenters. The molecular weight excluding hydrogens is 220 g/mol. The number of nitrogens with one attached hydrogen (secondary N) is 1. The summed E-state index contributed by atoms with van der Waals surface area (Å²) >= 11 is 0. The largest absolute Gasteiger partial charge is 0.307 e. The lowest BCUT2D eigenvalue weighted by Gasteiger charge is -2.15. The van der Waals surface area contributed by atoms with E-state index in [1.807, 2.05) is 6.92 Å². The monoisotopic (exact) mass is 239 g/mol. The second kappa shape index (κ2) is 5.13. The maximum atomic E-state index is 13.5. The average molecular weight is 239 g/mol. The van der Waals surface area contributed by atoms with E-state index in [-0.39, 0.29) is 11.6 Å². The lowest BCUT2D eigenvalue weighted by atomic mass is 10.1. The quantitative estimate of drug-likeness (QED) is 0.824. The van der Waals surface area contributed by atoms with E-state index in [4.69, 9.17) is 0 Å². The third-order valence-electron chi connectivity index (χ3n) is 3.48. The van der Waals surface area contributed by atoms with Crippen molar-refractivity contribution in [2.45, 2.75) is 45.2 Å². The first kappa shape index (κ1) is 12.5. The normalized spacial score (nSPS) is 24.7. The van der Waals surface area contributed by atoms with Crippen molar-refractivity contribution in [2.75, 3.05) is 0 Å². The summed E-state index contributed by atoms with van der Waals surface area (Å²) in [7, 11) is 0. The Hall–Kier alpha value is -0.960. The molecule has 3 unspecified atom stereocenters. The van der Waals surface area contributed by atoms with Crippen molar-refractivity contribution in [3.05, 3.63) is 35.4 Å². The molecule has 17 heavy (non-hydrogen) atoms. The fourth-order valence-corrected chi connectivity index (χ4v) is 2.47. The molecule has 1 saturated carbocycles. The molecule has 0 heterocycles. The van der Waals surface area contributed by atoms with E-state index in [1.54, 1.807) is 0 Å². The lowest BCUT2D eigenvalue weighted by molar-refractivity contribution is 0.472. The van der Waals surface area contributed by atoms with Crippen LogP contribution < -0.4 is 5.32 Å². The summed E-state index contributed by atoms with van der Waals surface area (Å²) in [5.41, 5.74) is 0.162. The molecule has 1 aromatic carbocycles. The summed E-state index contributed by atoms with van der Waals surface area (Å²) < 4.78 is 27.1. The van der Waals surface area contributed by atoms with Gasteiger partial charge in [0.1, 0.15) is 11.6 Å². The molecule has 0 amide bonds. The van der Waals surface area contributed by atoms with Gasteiger partial charge < -0.3 is 5.32 Å². The van der Waals surface area contributed by atoms with E-state index < -0.39 is 11.6 Å². The van der Waals surface area contributed by atoms with Gasteiger partial charge in [0, 0.05) is 17.6 Å². The third-order valence-corrected chi connectivity index (χ3v) is 3.48. The fourth-order valence-electron chi connectivity index (χ4n) is 2.47. The van der Waals surface area contributed by atoms with Gasteiger partial charge in [0.2, 0.25) is 0 Å². The summed E-state index contributed by atoms with van der Waals surface area (Å²) in [6.07, 6.45) is 3.50. The second-order valence-electron chi connectivity index (χ2n) is 4.91. The van der Waals surface area contributed by atoms with Gasteiger partial charge in [-0.2, -0.15) is 0 Å². The third kappa shape index (κ3) is 2.83. The second-order valence-corrected chi connectivity index (χ2v) is 4.91. The van der Waals surface area contributed by atoms with Gasteiger partial charge in [0.05, 0.1) is 0 Å². The van der Waals surface area contributed by atoms with E-state index in [2.05, 4.69) is 12.2 Å². The standard InChI is InChI=1S/C14H19F2N/c1-3-5-10-8-13(10)17-9(2)14-11(15)6-4-7-12(14)16/h4,6-7,9-10,13,17H,3,5,8H2,1-2H3. The van der Waals surface area contributed by atoms with E-state index in [0.29, 0.717) is 12.0 Å². The Morgan fingerprint density at radius 3 is 2.59 bits per heavy atom. The molecule has 3 heteroatoms. The number of hydrogen-bond donors (Lipinski definition) is 1. The highest BCUT2D eigenvalue weighted by molar-refractivity contribution is 5.23. The highest BCUT2D eigenvalue weighted by atomic mass is 19.1. The van der Waals surface area contributed by atoms with Crippen molar-refractivity contribution in [2.24, 2.45) is 5.92 Å². The zero-order valence-electron chi connectivity index (χ0n) is 10.3. The molecule has 1 aromatic rings. The van der Waals surface area contributed by atoms with Crippen LogP contribution in [0.3, 0.4) is 0 Å². The van der Waals surface area contributed by atoms with Crippen LogP contribution in [0.2, 0.25) is 0 Å². The molecule has 0 bridgehead atoms. The molecule has 0 saturated heterocycles. The molecular formula is C14H19F2N. The molecule has 0 aliphatic heterocycles. The SMILES string of the molecule is CCCC1CC1NC(C)c1c(F)cccc1F. The Morgan fingerprint density at radius 2 is 2.00 bits per heavy atom. The molecule has 2 rings (SSSR count). The summed E-state index contributed by atoms with van der Waals surface area (Å²) in [5, 5.41) is 3.31. The summed E-state index contributed by atoms with van der Waals surface area (Å²) in [4.78, 5) is 0. The van der Waals surface area contributed by atoms with Crippen LogP contribution in [0.4, 0.5) is 8.78 Å². The Morgan fingerprint density at radius 1 is 1.35 bits per heavy atom. The molecule has 1 fully saturated rings. The number of benzene rings is 1. The smallest absolute Gasteiger partial charge is 0.130 e.